The van der Waals surface area contributed by atoms with Crippen LogP contribution in [-0.2, 0) is 5.75 Å². The molecule has 0 aromatic carbocycles. The molecule has 16 heavy (non-hydrogen) atoms. The summed E-state index contributed by atoms with van der Waals surface area (Å²) in [6, 6.07) is 1.74. The molecule has 0 fully saturated rings. The van der Waals surface area contributed by atoms with Gasteiger partial charge < -0.3 is 5.73 Å². The fourth-order valence-electron chi connectivity index (χ4n) is 1.24. The standard InChI is InChI=1S/C9H12N6S/c1-5-3-7(10)13-8(11-5)4-16-9-12-6(2)14-15-9/h3H,4H2,1-2H3,(H2,10,11,13)(H,12,14,15). The molecular formula is C9H12N6S. The van der Waals surface area contributed by atoms with Crippen molar-refractivity contribution in [3.63, 3.8) is 0 Å². The van der Waals surface area contributed by atoms with E-state index in [9.17, 15) is 0 Å². The Morgan fingerprint density at radius 3 is 2.75 bits per heavy atom. The average Bonchev–Trinajstić information content (AvgIpc) is 2.60. The van der Waals surface area contributed by atoms with Crippen molar-refractivity contribution in [2.75, 3.05) is 5.73 Å². The van der Waals surface area contributed by atoms with Gasteiger partial charge in [-0.05, 0) is 13.8 Å². The van der Waals surface area contributed by atoms with Gasteiger partial charge >= 0.3 is 0 Å². The first-order valence-corrected chi connectivity index (χ1v) is 5.74. The van der Waals surface area contributed by atoms with Crippen LogP contribution in [0.2, 0.25) is 0 Å². The predicted molar refractivity (Wildman–Crippen MR) is 61.9 cm³/mol. The summed E-state index contributed by atoms with van der Waals surface area (Å²) >= 11 is 1.48. The van der Waals surface area contributed by atoms with Crippen LogP contribution in [0.5, 0.6) is 0 Å². The Hall–Kier alpha value is -1.63. The third-order valence-corrected chi connectivity index (χ3v) is 2.67. The first-order chi connectivity index (χ1) is 7.63. The fourth-order valence-corrected chi connectivity index (χ4v) is 1.94. The minimum Gasteiger partial charge on any atom is -0.384 e. The van der Waals surface area contributed by atoms with Crippen LogP contribution in [-0.4, -0.2) is 25.1 Å². The van der Waals surface area contributed by atoms with Gasteiger partial charge in [0.05, 0.1) is 5.75 Å². The number of nitrogens with two attached hydrogens (primary N) is 1. The van der Waals surface area contributed by atoms with Gasteiger partial charge in [0, 0.05) is 11.8 Å². The molecule has 2 aromatic rings. The Bertz CT molecular complexity index is 474. The van der Waals surface area contributed by atoms with Crippen LogP contribution in [0.1, 0.15) is 17.3 Å². The zero-order valence-corrected chi connectivity index (χ0v) is 9.88. The van der Waals surface area contributed by atoms with E-state index in [0.717, 1.165) is 11.5 Å². The van der Waals surface area contributed by atoms with Gasteiger partial charge in [-0.15, -0.1) is 5.10 Å². The number of aromatic amines is 1. The highest BCUT2D eigenvalue weighted by molar-refractivity contribution is 7.98. The molecule has 0 saturated heterocycles. The van der Waals surface area contributed by atoms with Crippen molar-refractivity contribution in [2.24, 2.45) is 0 Å². The highest BCUT2D eigenvalue weighted by Crippen LogP contribution is 2.17. The smallest absolute Gasteiger partial charge is 0.208 e. The van der Waals surface area contributed by atoms with Crippen LogP contribution in [0.15, 0.2) is 11.2 Å². The number of nitrogen functional groups attached to an aromatic ring is 1. The second kappa shape index (κ2) is 4.48. The summed E-state index contributed by atoms with van der Waals surface area (Å²) in [5.74, 6) is 2.61. The number of nitrogens with one attached hydrogen (secondary N) is 1. The normalized spacial score (nSPS) is 10.6. The molecule has 0 aliphatic rings. The van der Waals surface area contributed by atoms with Crippen molar-refractivity contribution in [2.45, 2.75) is 24.8 Å². The monoisotopic (exact) mass is 236 g/mol. The van der Waals surface area contributed by atoms with Gasteiger partial charge in [-0.2, -0.15) is 0 Å². The third-order valence-electron chi connectivity index (χ3n) is 1.83. The lowest BCUT2D eigenvalue weighted by molar-refractivity contribution is 0.959. The lowest BCUT2D eigenvalue weighted by atomic mass is 10.4. The maximum Gasteiger partial charge on any atom is 0.208 e. The molecule has 0 aliphatic heterocycles. The summed E-state index contributed by atoms with van der Waals surface area (Å²) in [7, 11) is 0. The summed E-state index contributed by atoms with van der Waals surface area (Å²) in [4.78, 5) is 12.6. The number of aryl methyl sites for hydroxylation is 2. The number of H-pyrrole nitrogens is 1. The van der Waals surface area contributed by atoms with Crippen molar-refractivity contribution >= 4 is 17.6 Å². The Kier molecular flexibility index (Phi) is 3.04. The predicted octanol–water partition coefficient (Wildman–Crippen LogP) is 1.09. The Balaban J connectivity index is 2.04. The minimum atomic E-state index is 0.495. The van der Waals surface area contributed by atoms with Crippen molar-refractivity contribution < 1.29 is 0 Å². The highest BCUT2D eigenvalue weighted by atomic mass is 32.2. The van der Waals surface area contributed by atoms with Crippen LogP contribution >= 0.6 is 11.8 Å². The second-order valence-corrected chi connectivity index (χ2v) is 4.28. The number of nitrogens with zero attached hydrogens (tertiary/aromatic N) is 4. The lowest BCUT2D eigenvalue weighted by Crippen LogP contribution is -2.00. The van der Waals surface area contributed by atoms with E-state index in [4.69, 9.17) is 5.73 Å². The van der Waals surface area contributed by atoms with Crippen LogP contribution in [0.25, 0.3) is 0 Å². The Morgan fingerprint density at radius 1 is 1.31 bits per heavy atom. The summed E-state index contributed by atoms with van der Waals surface area (Å²) in [6.07, 6.45) is 0. The van der Waals surface area contributed by atoms with E-state index in [-0.39, 0.29) is 0 Å². The zero-order chi connectivity index (χ0) is 11.5. The summed E-state index contributed by atoms with van der Waals surface area (Å²) in [5, 5.41) is 7.49. The van der Waals surface area contributed by atoms with E-state index in [2.05, 4.69) is 25.1 Å². The van der Waals surface area contributed by atoms with E-state index in [0.29, 0.717) is 22.6 Å². The molecule has 3 N–H and O–H groups in total. The van der Waals surface area contributed by atoms with Crippen molar-refractivity contribution in [3.05, 3.63) is 23.4 Å². The van der Waals surface area contributed by atoms with Gasteiger partial charge in [-0.25, -0.2) is 15.0 Å². The van der Waals surface area contributed by atoms with Gasteiger partial charge in [0.1, 0.15) is 17.5 Å². The van der Waals surface area contributed by atoms with E-state index in [1.807, 2.05) is 13.8 Å². The molecule has 0 aliphatic carbocycles. The van der Waals surface area contributed by atoms with Gasteiger partial charge in [0.25, 0.3) is 0 Å². The molecule has 6 nitrogen and oxygen atoms in total. The first-order valence-electron chi connectivity index (χ1n) is 4.75. The molecule has 0 bridgehead atoms. The van der Waals surface area contributed by atoms with Gasteiger partial charge in [0.15, 0.2) is 0 Å². The van der Waals surface area contributed by atoms with Crippen LogP contribution in [0.4, 0.5) is 5.82 Å². The quantitative estimate of drug-likeness (QED) is 0.775. The number of hydrogen-bond donors (Lipinski definition) is 2. The van der Waals surface area contributed by atoms with E-state index in [1.165, 1.54) is 11.8 Å². The summed E-state index contributed by atoms with van der Waals surface area (Å²) in [5.41, 5.74) is 6.50. The largest absolute Gasteiger partial charge is 0.384 e. The van der Waals surface area contributed by atoms with Gasteiger partial charge in [0.2, 0.25) is 5.16 Å². The van der Waals surface area contributed by atoms with Gasteiger partial charge in [-0.3, -0.25) is 5.10 Å². The average molecular weight is 236 g/mol. The Morgan fingerprint density at radius 2 is 2.12 bits per heavy atom. The second-order valence-electron chi connectivity index (χ2n) is 3.34. The Labute approximate surface area is 97.1 Å². The third kappa shape index (κ3) is 2.69. The van der Waals surface area contributed by atoms with Crippen LogP contribution in [0.3, 0.4) is 0 Å². The molecule has 7 heteroatoms. The molecule has 0 saturated carbocycles. The van der Waals surface area contributed by atoms with Gasteiger partial charge in [-0.1, -0.05) is 11.8 Å². The maximum atomic E-state index is 5.63. The number of rotatable bonds is 3. The van der Waals surface area contributed by atoms with Crippen molar-refractivity contribution in [1.29, 1.82) is 0 Å². The van der Waals surface area contributed by atoms with Crippen molar-refractivity contribution in [3.8, 4) is 0 Å². The topological polar surface area (TPSA) is 93.4 Å². The number of hydrogen-bond acceptors (Lipinski definition) is 6. The molecule has 2 rings (SSSR count). The lowest BCUT2D eigenvalue weighted by Gasteiger charge is -2.00. The molecule has 0 radical (unpaired) electrons. The zero-order valence-electron chi connectivity index (χ0n) is 9.06. The van der Waals surface area contributed by atoms with Crippen molar-refractivity contribution in [1.82, 2.24) is 25.1 Å². The molecule has 0 atom stereocenters. The molecule has 0 amide bonds. The van der Waals surface area contributed by atoms with E-state index < -0.39 is 0 Å². The number of aromatic nitrogens is 5. The molecule has 0 unspecified atom stereocenters. The maximum absolute atomic E-state index is 5.63. The minimum absolute atomic E-state index is 0.495. The fraction of sp³-hybridized carbons (Fsp3) is 0.333. The SMILES string of the molecule is Cc1cc(N)nc(CSc2n[nH]c(C)n2)n1. The molecule has 0 spiro atoms. The molecule has 84 valence electrons. The van der Waals surface area contributed by atoms with E-state index >= 15 is 0 Å². The molecular weight excluding hydrogens is 224 g/mol. The molecule has 2 aromatic heterocycles. The highest BCUT2D eigenvalue weighted by Gasteiger charge is 2.04. The summed E-state index contributed by atoms with van der Waals surface area (Å²) < 4.78 is 0. The molecule has 2 heterocycles. The number of thioether (sulfide) groups is 1. The number of anilines is 1. The van der Waals surface area contributed by atoms with E-state index in [1.54, 1.807) is 6.07 Å². The van der Waals surface area contributed by atoms with Crippen LogP contribution in [0, 0.1) is 13.8 Å². The first kappa shape index (κ1) is 10.9. The van der Waals surface area contributed by atoms with Crippen LogP contribution < -0.4 is 5.73 Å². The summed E-state index contributed by atoms with van der Waals surface area (Å²) in [6.45, 7) is 3.75.